The van der Waals surface area contributed by atoms with Crippen LogP contribution in [0.5, 0.6) is 0 Å². The van der Waals surface area contributed by atoms with Gasteiger partial charge in [0.15, 0.2) is 5.82 Å². The highest BCUT2D eigenvalue weighted by Gasteiger charge is 2.28. The van der Waals surface area contributed by atoms with E-state index in [1.165, 1.54) is 18.4 Å². The summed E-state index contributed by atoms with van der Waals surface area (Å²) in [6, 6.07) is 15.3. The minimum Gasteiger partial charge on any atom is -0.381 e. The molecule has 9 heteroatoms. The number of benzene rings is 2. The highest BCUT2D eigenvalue weighted by molar-refractivity contribution is 7.89. The van der Waals surface area contributed by atoms with E-state index in [0.717, 1.165) is 35.5 Å². The summed E-state index contributed by atoms with van der Waals surface area (Å²) in [6.45, 7) is 0.508. The fourth-order valence-corrected chi connectivity index (χ4v) is 3.92. The van der Waals surface area contributed by atoms with Gasteiger partial charge in [0.2, 0.25) is 10.0 Å². The number of aromatic nitrogens is 4. The van der Waals surface area contributed by atoms with E-state index in [-0.39, 0.29) is 4.90 Å². The third-order valence-corrected chi connectivity index (χ3v) is 6.49. The zero-order valence-corrected chi connectivity index (χ0v) is 16.6. The first kappa shape index (κ1) is 18.6. The standard InChI is InChI=1S/C19H22N6O2S/c1-24(2)28(26,27)18-8-3-5-14(11-18)13-20-16-7-4-6-15(12-16)19-21-22-23-25(19)17-9-10-17/h3-8,11-12,17,20H,9-10,13H2,1-2H3. The van der Waals surface area contributed by atoms with Gasteiger partial charge in [0.05, 0.1) is 10.9 Å². The molecule has 1 N–H and O–H groups in total. The van der Waals surface area contributed by atoms with Crippen LogP contribution >= 0.6 is 0 Å². The zero-order chi connectivity index (χ0) is 19.7. The summed E-state index contributed by atoms with van der Waals surface area (Å²) in [6.07, 6.45) is 2.23. The Morgan fingerprint density at radius 3 is 2.68 bits per heavy atom. The molecule has 146 valence electrons. The van der Waals surface area contributed by atoms with Crippen LogP contribution in [0.2, 0.25) is 0 Å². The molecule has 2 aromatic carbocycles. The highest BCUT2D eigenvalue weighted by atomic mass is 32.2. The minimum absolute atomic E-state index is 0.286. The minimum atomic E-state index is -3.45. The van der Waals surface area contributed by atoms with E-state index in [1.807, 2.05) is 35.0 Å². The van der Waals surface area contributed by atoms with Gasteiger partial charge >= 0.3 is 0 Å². The second-order valence-electron chi connectivity index (χ2n) is 7.05. The van der Waals surface area contributed by atoms with E-state index in [9.17, 15) is 8.42 Å². The van der Waals surface area contributed by atoms with Crippen LogP contribution in [0.4, 0.5) is 5.69 Å². The Hall–Kier alpha value is -2.78. The Bertz CT molecular complexity index is 1090. The predicted molar refractivity (Wildman–Crippen MR) is 106 cm³/mol. The van der Waals surface area contributed by atoms with Crippen LogP contribution in [-0.2, 0) is 16.6 Å². The van der Waals surface area contributed by atoms with Crippen molar-refractivity contribution in [2.24, 2.45) is 0 Å². The van der Waals surface area contributed by atoms with Crippen molar-refractivity contribution in [1.82, 2.24) is 24.5 Å². The normalized spacial score (nSPS) is 14.4. The molecule has 0 bridgehead atoms. The number of tetrazole rings is 1. The maximum absolute atomic E-state index is 12.3. The molecule has 0 unspecified atom stereocenters. The number of nitrogens with zero attached hydrogens (tertiary/aromatic N) is 5. The molecule has 0 amide bonds. The molecule has 8 nitrogen and oxygen atoms in total. The zero-order valence-electron chi connectivity index (χ0n) is 15.8. The van der Waals surface area contributed by atoms with Crippen LogP contribution < -0.4 is 5.32 Å². The van der Waals surface area contributed by atoms with E-state index in [2.05, 4.69) is 20.8 Å². The Morgan fingerprint density at radius 2 is 1.93 bits per heavy atom. The summed E-state index contributed by atoms with van der Waals surface area (Å²) in [5.41, 5.74) is 2.76. The van der Waals surface area contributed by atoms with Crippen molar-refractivity contribution in [1.29, 1.82) is 0 Å². The number of sulfonamides is 1. The number of rotatable bonds is 7. The molecular formula is C19H22N6O2S. The second-order valence-corrected chi connectivity index (χ2v) is 9.20. The fourth-order valence-electron chi connectivity index (χ4n) is 2.95. The Kier molecular flexibility index (Phi) is 4.86. The lowest BCUT2D eigenvalue weighted by Gasteiger charge is -2.13. The number of hydrogen-bond donors (Lipinski definition) is 1. The van der Waals surface area contributed by atoms with Crippen LogP contribution in [0, 0.1) is 0 Å². The van der Waals surface area contributed by atoms with Crippen LogP contribution in [0.15, 0.2) is 53.4 Å². The van der Waals surface area contributed by atoms with E-state index in [1.54, 1.807) is 18.2 Å². The third kappa shape index (κ3) is 3.76. The van der Waals surface area contributed by atoms with Gasteiger partial charge in [0, 0.05) is 31.9 Å². The van der Waals surface area contributed by atoms with Crippen molar-refractivity contribution in [3.63, 3.8) is 0 Å². The second kappa shape index (κ2) is 7.33. The predicted octanol–water partition coefficient (Wildman–Crippen LogP) is 2.54. The Morgan fingerprint density at radius 1 is 1.14 bits per heavy atom. The van der Waals surface area contributed by atoms with Crippen LogP contribution in [0.1, 0.15) is 24.4 Å². The lowest BCUT2D eigenvalue weighted by atomic mass is 10.1. The van der Waals surface area contributed by atoms with Gasteiger partial charge < -0.3 is 5.32 Å². The van der Waals surface area contributed by atoms with Crippen molar-refractivity contribution in [2.75, 3.05) is 19.4 Å². The Balaban J connectivity index is 1.51. The topological polar surface area (TPSA) is 93.0 Å². The van der Waals surface area contributed by atoms with Crippen molar-refractivity contribution < 1.29 is 8.42 Å². The smallest absolute Gasteiger partial charge is 0.242 e. The molecule has 0 spiro atoms. The van der Waals surface area contributed by atoms with Gasteiger partial charge in [-0.1, -0.05) is 24.3 Å². The van der Waals surface area contributed by atoms with Crippen molar-refractivity contribution in [3.05, 3.63) is 54.1 Å². The van der Waals surface area contributed by atoms with Crippen LogP contribution in [-0.4, -0.2) is 47.0 Å². The van der Waals surface area contributed by atoms with Gasteiger partial charge in [-0.3, -0.25) is 0 Å². The first-order valence-corrected chi connectivity index (χ1v) is 10.5. The first-order valence-electron chi connectivity index (χ1n) is 9.09. The van der Waals surface area contributed by atoms with E-state index in [0.29, 0.717) is 12.6 Å². The first-order chi connectivity index (χ1) is 13.4. The monoisotopic (exact) mass is 398 g/mol. The van der Waals surface area contributed by atoms with E-state index < -0.39 is 10.0 Å². The third-order valence-electron chi connectivity index (χ3n) is 4.68. The maximum atomic E-state index is 12.3. The SMILES string of the molecule is CN(C)S(=O)(=O)c1cccc(CNc2cccc(-c3nnnn3C3CC3)c2)c1. The average molecular weight is 398 g/mol. The number of anilines is 1. The van der Waals surface area contributed by atoms with Crippen molar-refractivity contribution in [2.45, 2.75) is 30.3 Å². The molecule has 1 aliphatic carbocycles. The van der Waals surface area contributed by atoms with Crippen LogP contribution in [0.3, 0.4) is 0 Å². The van der Waals surface area contributed by atoms with Gasteiger partial charge in [-0.2, -0.15) is 0 Å². The molecule has 1 aromatic heterocycles. The molecule has 1 aliphatic rings. The van der Waals surface area contributed by atoms with E-state index in [4.69, 9.17) is 0 Å². The van der Waals surface area contributed by atoms with Gasteiger partial charge in [0.1, 0.15) is 0 Å². The largest absolute Gasteiger partial charge is 0.381 e. The average Bonchev–Trinajstić information content (AvgIpc) is 3.43. The lowest BCUT2D eigenvalue weighted by molar-refractivity contribution is 0.520. The molecule has 1 saturated carbocycles. The molecule has 3 aromatic rings. The molecule has 1 heterocycles. The molecule has 0 aliphatic heterocycles. The summed E-state index contributed by atoms with van der Waals surface area (Å²) < 4.78 is 27.7. The summed E-state index contributed by atoms with van der Waals surface area (Å²) in [5.74, 6) is 0.769. The lowest BCUT2D eigenvalue weighted by Crippen LogP contribution is -2.22. The number of nitrogens with one attached hydrogen (secondary N) is 1. The quantitative estimate of drug-likeness (QED) is 0.657. The van der Waals surface area contributed by atoms with Crippen LogP contribution in [0.25, 0.3) is 11.4 Å². The fraction of sp³-hybridized carbons (Fsp3) is 0.316. The van der Waals surface area contributed by atoms with Crippen molar-refractivity contribution >= 4 is 15.7 Å². The van der Waals surface area contributed by atoms with E-state index >= 15 is 0 Å². The molecule has 1 fully saturated rings. The van der Waals surface area contributed by atoms with Crippen molar-refractivity contribution in [3.8, 4) is 11.4 Å². The van der Waals surface area contributed by atoms with Gasteiger partial charge in [0.25, 0.3) is 0 Å². The summed E-state index contributed by atoms with van der Waals surface area (Å²) in [4.78, 5) is 0.286. The number of hydrogen-bond acceptors (Lipinski definition) is 6. The molecule has 0 saturated heterocycles. The molecule has 4 rings (SSSR count). The maximum Gasteiger partial charge on any atom is 0.242 e. The summed E-state index contributed by atoms with van der Waals surface area (Å²) in [7, 11) is -0.388. The highest BCUT2D eigenvalue weighted by Crippen LogP contribution is 2.36. The van der Waals surface area contributed by atoms with Gasteiger partial charge in [-0.05, 0) is 53.1 Å². The molecule has 0 radical (unpaired) electrons. The van der Waals surface area contributed by atoms with Gasteiger partial charge in [-0.15, -0.1) is 5.10 Å². The molecule has 28 heavy (non-hydrogen) atoms. The molecular weight excluding hydrogens is 376 g/mol. The summed E-state index contributed by atoms with van der Waals surface area (Å²) in [5, 5.41) is 15.4. The molecule has 0 atom stereocenters. The Labute approximate surface area is 164 Å². The summed E-state index contributed by atoms with van der Waals surface area (Å²) >= 11 is 0. The van der Waals surface area contributed by atoms with Gasteiger partial charge in [-0.25, -0.2) is 17.4 Å².